The Balaban J connectivity index is 2.84. The number of hydrogen-bond donors (Lipinski definition) is 1. The van der Waals surface area contributed by atoms with Crippen molar-refractivity contribution in [3.8, 4) is 0 Å². The van der Waals surface area contributed by atoms with Crippen LogP contribution in [-0.4, -0.2) is 30.1 Å². The number of hydrogen-bond acceptors (Lipinski definition) is 2. The fourth-order valence-corrected chi connectivity index (χ4v) is 3.48. The predicted molar refractivity (Wildman–Crippen MR) is 80.6 cm³/mol. The minimum atomic E-state index is 0.247. The maximum atomic E-state index is 6.20. The normalized spacial score (nSPS) is 31.3. The van der Waals surface area contributed by atoms with Gasteiger partial charge in [-0.2, -0.15) is 0 Å². The Bertz CT molecular complexity index is 243. The van der Waals surface area contributed by atoms with Crippen LogP contribution < -0.4 is 5.73 Å². The zero-order valence-electron chi connectivity index (χ0n) is 13.4. The van der Waals surface area contributed by atoms with E-state index in [2.05, 4.69) is 46.6 Å². The van der Waals surface area contributed by atoms with Gasteiger partial charge in [-0.1, -0.05) is 40.5 Å². The molecule has 108 valence electrons. The van der Waals surface area contributed by atoms with Crippen molar-refractivity contribution in [2.24, 2.45) is 23.5 Å². The molecular weight excluding hydrogens is 220 g/mol. The van der Waals surface area contributed by atoms with E-state index in [0.29, 0.717) is 12.0 Å². The van der Waals surface area contributed by atoms with Crippen LogP contribution in [0.15, 0.2) is 0 Å². The highest BCUT2D eigenvalue weighted by Gasteiger charge is 2.41. The van der Waals surface area contributed by atoms with Crippen LogP contribution in [0.4, 0.5) is 0 Å². The molecule has 2 nitrogen and oxygen atoms in total. The zero-order valence-corrected chi connectivity index (χ0v) is 13.4. The number of rotatable bonds is 5. The van der Waals surface area contributed by atoms with E-state index in [-0.39, 0.29) is 5.54 Å². The standard InChI is InChI=1S/C16H34N2/c1-12(2)14(5)18(6)16(11-17)9-7-8-15(10-16)13(3)4/h12-15H,7-11,17H2,1-6H3. The molecule has 0 aromatic rings. The van der Waals surface area contributed by atoms with E-state index in [1.807, 2.05) is 0 Å². The molecule has 1 saturated carbocycles. The van der Waals surface area contributed by atoms with Crippen LogP contribution in [0.2, 0.25) is 0 Å². The number of nitrogens with zero attached hydrogens (tertiary/aromatic N) is 1. The lowest BCUT2D eigenvalue weighted by Crippen LogP contribution is -2.58. The second-order valence-electron chi connectivity index (χ2n) is 7.12. The molecule has 1 fully saturated rings. The van der Waals surface area contributed by atoms with Crippen molar-refractivity contribution < 1.29 is 0 Å². The van der Waals surface area contributed by atoms with Gasteiger partial charge in [0.25, 0.3) is 0 Å². The molecule has 3 atom stereocenters. The van der Waals surface area contributed by atoms with Crippen molar-refractivity contribution in [2.75, 3.05) is 13.6 Å². The van der Waals surface area contributed by atoms with Crippen molar-refractivity contribution in [3.63, 3.8) is 0 Å². The lowest BCUT2D eigenvalue weighted by molar-refractivity contribution is 0.00675. The average molecular weight is 254 g/mol. The van der Waals surface area contributed by atoms with Crippen LogP contribution in [-0.2, 0) is 0 Å². The van der Waals surface area contributed by atoms with E-state index in [0.717, 1.165) is 18.4 Å². The molecule has 1 rings (SSSR count). The first-order chi connectivity index (χ1) is 8.34. The third kappa shape index (κ3) is 3.27. The Morgan fingerprint density at radius 3 is 2.28 bits per heavy atom. The molecule has 2 N–H and O–H groups in total. The van der Waals surface area contributed by atoms with Crippen molar-refractivity contribution in [1.29, 1.82) is 0 Å². The molecule has 0 radical (unpaired) electrons. The minimum absolute atomic E-state index is 0.247. The summed E-state index contributed by atoms with van der Waals surface area (Å²) >= 11 is 0. The highest BCUT2D eigenvalue weighted by Crippen LogP contribution is 2.40. The van der Waals surface area contributed by atoms with Gasteiger partial charge in [0.2, 0.25) is 0 Å². The van der Waals surface area contributed by atoms with Crippen LogP contribution >= 0.6 is 0 Å². The summed E-state index contributed by atoms with van der Waals surface area (Å²) in [7, 11) is 2.29. The Kier molecular flexibility index (Phi) is 5.67. The summed E-state index contributed by atoms with van der Waals surface area (Å²) in [5.41, 5.74) is 6.44. The van der Waals surface area contributed by atoms with E-state index in [4.69, 9.17) is 5.73 Å². The van der Waals surface area contributed by atoms with Gasteiger partial charge in [0, 0.05) is 18.1 Å². The molecule has 0 spiro atoms. The quantitative estimate of drug-likeness (QED) is 0.813. The van der Waals surface area contributed by atoms with E-state index in [9.17, 15) is 0 Å². The molecule has 0 aromatic heterocycles. The third-order valence-electron chi connectivity index (χ3n) is 5.51. The summed E-state index contributed by atoms with van der Waals surface area (Å²) < 4.78 is 0. The van der Waals surface area contributed by atoms with Gasteiger partial charge in [0.1, 0.15) is 0 Å². The van der Waals surface area contributed by atoms with Crippen molar-refractivity contribution in [1.82, 2.24) is 4.90 Å². The van der Waals surface area contributed by atoms with Gasteiger partial charge < -0.3 is 5.73 Å². The fourth-order valence-electron chi connectivity index (χ4n) is 3.48. The van der Waals surface area contributed by atoms with E-state index < -0.39 is 0 Å². The molecule has 2 heteroatoms. The van der Waals surface area contributed by atoms with Crippen molar-refractivity contribution in [3.05, 3.63) is 0 Å². The smallest absolute Gasteiger partial charge is 0.0334 e. The van der Waals surface area contributed by atoms with Gasteiger partial charge >= 0.3 is 0 Å². The third-order valence-corrected chi connectivity index (χ3v) is 5.51. The van der Waals surface area contributed by atoms with Crippen molar-refractivity contribution in [2.45, 2.75) is 71.9 Å². The van der Waals surface area contributed by atoms with E-state index in [1.165, 1.54) is 25.7 Å². The minimum Gasteiger partial charge on any atom is -0.329 e. The lowest BCUT2D eigenvalue weighted by atomic mass is 9.70. The van der Waals surface area contributed by atoms with Crippen molar-refractivity contribution >= 4 is 0 Å². The maximum absolute atomic E-state index is 6.20. The van der Waals surface area contributed by atoms with E-state index in [1.54, 1.807) is 0 Å². The molecule has 0 aromatic carbocycles. The fraction of sp³-hybridized carbons (Fsp3) is 1.00. The molecule has 0 aliphatic heterocycles. The first-order valence-electron chi connectivity index (χ1n) is 7.77. The Morgan fingerprint density at radius 1 is 1.22 bits per heavy atom. The van der Waals surface area contributed by atoms with Crippen LogP contribution in [0, 0.1) is 17.8 Å². The molecule has 0 amide bonds. The highest BCUT2D eigenvalue weighted by atomic mass is 15.2. The van der Waals surface area contributed by atoms with Gasteiger partial charge in [-0.25, -0.2) is 0 Å². The molecule has 3 unspecified atom stereocenters. The first-order valence-corrected chi connectivity index (χ1v) is 7.77. The summed E-state index contributed by atoms with van der Waals surface area (Å²) in [5, 5.41) is 0. The van der Waals surface area contributed by atoms with Crippen LogP contribution in [0.3, 0.4) is 0 Å². The van der Waals surface area contributed by atoms with Crippen LogP contribution in [0.1, 0.15) is 60.3 Å². The Labute approximate surface area is 114 Å². The summed E-state index contributed by atoms with van der Waals surface area (Å²) in [6.07, 6.45) is 5.30. The van der Waals surface area contributed by atoms with Gasteiger partial charge in [0.15, 0.2) is 0 Å². The number of likely N-dealkylation sites (N-methyl/N-ethyl adjacent to an activating group) is 1. The Hall–Kier alpha value is -0.0800. The summed E-state index contributed by atoms with van der Waals surface area (Å²) in [6, 6.07) is 0.611. The average Bonchev–Trinajstić information content (AvgIpc) is 2.36. The highest BCUT2D eigenvalue weighted by molar-refractivity contribution is 4.98. The van der Waals surface area contributed by atoms with E-state index >= 15 is 0 Å². The molecule has 18 heavy (non-hydrogen) atoms. The maximum Gasteiger partial charge on any atom is 0.0334 e. The molecule has 0 bridgehead atoms. The predicted octanol–water partition coefficient (Wildman–Crippen LogP) is 3.51. The Morgan fingerprint density at radius 2 is 1.83 bits per heavy atom. The SMILES string of the molecule is CC(C)C1CCCC(CN)(N(C)C(C)C(C)C)C1. The molecule has 0 saturated heterocycles. The van der Waals surface area contributed by atoms with Crippen LogP contribution in [0.25, 0.3) is 0 Å². The second-order valence-corrected chi connectivity index (χ2v) is 7.12. The molecular formula is C16H34N2. The second kappa shape index (κ2) is 6.38. The molecule has 1 aliphatic rings. The number of nitrogens with two attached hydrogens (primary N) is 1. The summed E-state index contributed by atoms with van der Waals surface area (Å²) in [6.45, 7) is 12.5. The lowest BCUT2D eigenvalue weighted by Gasteiger charge is -2.50. The molecule has 1 aliphatic carbocycles. The van der Waals surface area contributed by atoms with Gasteiger partial charge in [-0.05, 0) is 44.6 Å². The molecule has 0 heterocycles. The van der Waals surface area contributed by atoms with Gasteiger partial charge in [-0.15, -0.1) is 0 Å². The monoisotopic (exact) mass is 254 g/mol. The summed E-state index contributed by atoms with van der Waals surface area (Å²) in [4.78, 5) is 2.59. The van der Waals surface area contributed by atoms with Gasteiger partial charge in [0.05, 0.1) is 0 Å². The van der Waals surface area contributed by atoms with Crippen LogP contribution in [0.5, 0.6) is 0 Å². The van der Waals surface area contributed by atoms with Gasteiger partial charge in [-0.3, -0.25) is 4.90 Å². The zero-order chi connectivity index (χ0) is 13.9. The first kappa shape index (κ1) is 16.0. The summed E-state index contributed by atoms with van der Waals surface area (Å²) in [5.74, 6) is 2.33. The topological polar surface area (TPSA) is 29.3 Å². The largest absolute Gasteiger partial charge is 0.329 e.